The molecule has 1 aromatic heterocycles. The third kappa shape index (κ3) is 2.78. The van der Waals surface area contributed by atoms with Gasteiger partial charge in [0, 0.05) is 17.2 Å². The highest BCUT2D eigenvalue weighted by Gasteiger charge is 2.12. The van der Waals surface area contributed by atoms with Gasteiger partial charge in [0.2, 0.25) is 0 Å². The Kier molecular flexibility index (Phi) is 3.66. The Bertz CT molecular complexity index is 791. The lowest BCUT2D eigenvalue weighted by Crippen LogP contribution is -1.99. The fraction of sp³-hybridized carbons (Fsp3) is 0. The van der Waals surface area contributed by atoms with E-state index in [1.165, 1.54) is 0 Å². The van der Waals surface area contributed by atoms with Gasteiger partial charge in [0.15, 0.2) is 5.82 Å². The summed E-state index contributed by atoms with van der Waals surface area (Å²) in [6.45, 7) is 0. The predicted octanol–water partition coefficient (Wildman–Crippen LogP) is 4.29. The molecule has 3 nitrogen and oxygen atoms in total. The van der Waals surface area contributed by atoms with E-state index in [-0.39, 0.29) is 5.82 Å². The van der Waals surface area contributed by atoms with Crippen molar-refractivity contribution in [3.8, 4) is 22.6 Å². The van der Waals surface area contributed by atoms with Crippen LogP contribution in [0.5, 0.6) is 0 Å². The minimum atomic E-state index is -0.366. The van der Waals surface area contributed by atoms with Gasteiger partial charge in [-0.1, -0.05) is 36.4 Å². The molecule has 0 aliphatic heterocycles. The van der Waals surface area contributed by atoms with Crippen LogP contribution in [-0.4, -0.2) is 9.97 Å². The number of anilines is 1. The first-order valence-electron chi connectivity index (χ1n) is 6.29. The van der Waals surface area contributed by atoms with E-state index in [1.54, 1.807) is 24.3 Å². The molecule has 5 heteroatoms. The number of hydrogen-bond acceptors (Lipinski definition) is 3. The van der Waals surface area contributed by atoms with Crippen molar-refractivity contribution < 1.29 is 4.39 Å². The van der Waals surface area contributed by atoms with Crippen molar-refractivity contribution in [2.45, 2.75) is 0 Å². The minimum absolute atomic E-state index is 0.304. The highest BCUT2D eigenvalue weighted by Crippen LogP contribution is 2.28. The highest BCUT2D eigenvalue weighted by molar-refractivity contribution is 9.10. The molecule has 0 aliphatic rings. The molecule has 0 unspecified atom stereocenters. The lowest BCUT2D eigenvalue weighted by atomic mass is 10.1. The molecule has 0 aliphatic carbocycles. The number of nitrogens with two attached hydrogens (primary N) is 1. The lowest BCUT2D eigenvalue weighted by molar-refractivity contribution is 0.624. The molecule has 3 rings (SSSR count). The van der Waals surface area contributed by atoms with E-state index in [2.05, 4.69) is 25.9 Å². The molecule has 2 N–H and O–H groups in total. The van der Waals surface area contributed by atoms with Crippen LogP contribution in [0.15, 0.2) is 59.1 Å². The summed E-state index contributed by atoms with van der Waals surface area (Å²) in [7, 11) is 0. The number of nitrogens with zero attached hydrogens (tertiary/aromatic N) is 2. The van der Waals surface area contributed by atoms with Crippen LogP contribution in [0, 0.1) is 5.82 Å². The number of nitrogen functional groups attached to an aromatic ring is 1. The zero-order valence-corrected chi connectivity index (χ0v) is 12.5. The van der Waals surface area contributed by atoms with Gasteiger partial charge in [-0.3, -0.25) is 0 Å². The van der Waals surface area contributed by atoms with Gasteiger partial charge in [-0.2, -0.15) is 0 Å². The van der Waals surface area contributed by atoms with E-state index < -0.39 is 0 Å². The molecular formula is C16H11BrFN3. The Morgan fingerprint density at radius 3 is 2.48 bits per heavy atom. The van der Waals surface area contributed by atoms with Gasteiger partial charge in [0.25, 0.3) is 0 Å². The fourth-order valence-corrected chi connectivity index (χ4v) is 2.39. The average Bonchev–Trinajstić information content (AvgIpc) is 2.50. The van der Waals surface area contributed by atoms with Crippen molar-refractivity contribution >= 4 is 21.7 Å². The van der Waals surface area contributed by atoms with E-state index in [9.17, 15) is 4.39 Å². The largest absolute Gasteiger partial charge is 0.384 e. The summed E-state index contributed by atoms with van der Waals surface area (Å²) in [6, 6.07) is 16.1. The normalized spacial score (nSPS) is 10.6. The zero-order chi connectivity index (χ0) is 14.8. The molecule has 1 heterocycles. The first-order valence-corrected chi connectivity index (χ1v) is 7.09. The summed E-state index contributed by atoms with van der Waals surface area (Å²) < 4.78 is 14.6. The quantitative estimate of drug-likeness (QED) is 0.754. The topological polar surface area (TPSA) is 51.8 Å². The van der Waals surface area contributed by atoms with Crippen molar-refractivity contribution in [2.75, 3.05) is 5.73 Å². The second-order valence-corrected chi connectivity index (χ2v) is 5.32. The smallest absolute Gasteiger partial charge is 0.162 e. The molecule has 104 valence electrons. The van der Waals surface area contributed by atoms with Crippen LogP contribution in [-0.2, 0) is 0 Å². The molecule has 0 radical (unpaired) electrons. The molecule has 0 saturated carbocycles. The Morgan fingerprint density at radius 2 is 1.71 bits per heavy atom. The van der Waals surface area contributed by atoms with Crippen molar-refractivity contribution in [1.29, 1.82) is 0 Å². The Labute approximate surface area is 129 Å². The number of rotatable bonds is 2. The predicted molar refractivity (Wildman–Crippen MR) is 85.0 cm³/mol. The molecule has 0 atom stereocenters. The van der Waals surface area contributed by atoms with Crippen LogP contribution in [0.2, 0.25) is 0 Å². The van der Waals surface area contributed by atoms with Crippen LogP contribution in [0.1, 0.15) is 0 Å². The van der Waals surface area contributed by atoms with E-state index in [1.807, 2.05) is 30.3 Å². The molecule has 0 spiro atoms. The summed E-state index contributed by atoms with van der Waals surface area (Å²) in [6.07, 6.45) is 0. The molecule has 0 fully saturated rings. The van der Waals surface area contributed by atoms with E-state index in [0.717, 1.165) is 5.56 Å². The second kappa shape index (κ2) is 5.61. The third-order valence-corrected chi connectivity index (χ3v) is 3.62. The van der Waals surface area contributed by atoms with Crippen LogP contribution in [0.25, 0.3) is 22.6 Å². The van der Waals surface area contributed by atoms with Gasteiger partial charge >= 0.3 is 0 Å². The molecule has 0 amide bonds. The van der Waals surface area contributed by atoms with E-state index >= 15 is 0 Å². The maximum Gasteiger partial charge on any atom is 0.162 e. The summed E-state index contributed by atoms with van der Waals surface area (Å²) in [5, 5.41) is 0. The van der Waals surface area contributed by atoms with E-state index in [0.29, 0.717) is 27.4 Å². The highest BCUT2D eigenvalue weighted by atomic mass is 79.9. The Hall–Kier alpha value is -2.27. The summed E-state index contributed by atoms with van der Waals surface area (Å²) in [4.78, 5) is 8.64. The van der Waals surface area contributed by atoms with Gasteiger partial charge in [-0.15, -0.1) is 0 Å². The van der Waals surface area contributed by atoms with Crippen LogP contribution in [0.4, 0.5) is 10.2 Å². The number of hydrogen-bond donors (Lipinski definition) is 1. The van der Waals surface area contributed by atoms with Gasteiger partial charge in [0.1, 0.15) is 11.6 Å². The minimum Gasteiger partial charge on any atom is -0.384 e. The van der Waals surface area contributed by atoms with Gasteiger partial charge in [-0.25, -0.2) is 14.4 Å². The summed E-state index contributed by atoms with van der Waals surface area (Å²) in [5.41, 5.74) is 7.51. The second-order valence-electron chi connectivity index (χ2n) is 4.47. The van der Waals surface area contributed by atoms with Crippen molar-refractivity contribution in [2.24, 2.45) is 0 Å². The SMILES string of the molecule is Nc1cc(-c2cccc(Br)c2F)nc(-c2ccccc2)n1. The number of halogens is 2. The maximum absolute atomic E-state index is 14.2. The molecule has 0 bridgehead atoms. The number of aromatic nitrogens is 2. The third-order valence-electron chi connectivity index (χ3n) is 3.01. The van der Waals surface area contributed by atoms with Crippen LogP contribution in [0.3, 0.4) is 0 Å². The Balaban J connectivity index is 2.17. The molecule has 21 heavy (non-hydrogen) atoms. The average molecular weight is 344 g/mol. The van der Waals surface area contributed by atoms with E-state index in [4.69, 9.17) is 5.73 Å². The first kappa shape index (κ1) is 13.7. The van der Waals surface area contributed by atoms with Crippen LogP contribution >= 0.6 is 15.9 Å². The van der Waals surface area contributed by atoms with Gasteiger partial charge < -0.3 is 5.73 Å². The summed E-state index contributed by atoms with van der Waals surface area (Å²) >= 11 is 3.18. The lowest BCUT2D eigenvalue weighted by Gasteiger charge is -2.08. The van der Waals surface area contributed by atoms with Crippen LogP contribution < -0.4 is 5.73 Å². The van der Waals surface area contributed by atoms with Gasteiger partial charge in [0.05, 0.1) is 10.2 Å². The number of benzene rings is 2. The first-order chi connectivity index (χ1) is 10.1. The zero-order valence-electron chi connectivity index (χ0n) is 10.9. The molecule has 2 aromatic carbocycles. The van der Waals surface area contributed by atoms with Crippen molar-refractivity contribution in [1.82, 2.24) is 9.97 Å². The standard InChI is InChI=1S/C16H11BrFN3/c17-12-8-4-7-11(15(12)18)13-9-14(19)21-16(20-13)10-5-2-1-3-6-10/h1-9H,(H2,19,20,21). The molecule has 0 saturated heterocycles. The molecular weight excluding hydrogens is 333 g/mol. The fourth-order valence-electron chi connectivity index (χ4n) is 2.02. The van der Waals surface area contributed by atoms with Gasteiger partial charge in [-0.05, 0) is 28.1 Å². The molecule has 3 aromatic rings. The summed E-state index contributed by atoms with van der Waals surface area (Å²) in [5.74, 6) is 0.415. The van der Waals surface area contributed by atoms with Crippen molar-refractivity contribution in [3.63, 3.8) is 0 Å². The monoisotopic (exact) mass is 343 g/mol. The maximum atomic E-state index is 14.2. The van der Waals surface area contributed by atoms with Crippen molar-refractivity contribution in [3.05, 3.63) is 64.9 Å². The Morgan fingerprint density at radius 1 is 0.952 bits per heavy atom.